The van der Waals surface area contributed by atoms with Gasteiger partial charge in [0.05, 0.1) is 20.6 Å². The molecular weight excluding hydrogens is 410 g/mol. The van der Waals surface area contributed by atoms with E-state index in [0.29, 0.717) is 0 Å². The van der Waals surface area contributed by atoms with Gasteiger partial charge >= 0.3 is 10.1 Å². The van der Waals surface area contributed by atoms with Crippen LogP contribution in [0.15, 0.2) is 35.2 Å². The largest absolute Gasteiger partial charge is 0.377 e. The molecule has 0 aliphatic heterocycles. The lowest BCUT2D eigenvalue weighted by Crippen LogP contribution is -2.13. The third kappa shape index (κ3) is 3.69. The molecule has 2 N–H and O–H groups in total. The predicted octanol–water partition coefficient (Wildman–Crippen LogP) is 4.05. The fourth-order valence-corrected chi connectivity index (χ4v) is 3.70. The maximum absolute atomic E-state index is 12.3. The van der Waals surface area contributed by atoms with Crippen molar-refractivity contribution in [3.8, 4) is 5.75 Å². The predicted molar refractivity (Wildman–Crippen MR) is 87.9 cm³/mol. The average Bonchev–Trinajstić information content (AvgIpc) is 2.51. The lowest BCUT2D eigenvalue weighted by Gasteiger charge is -2.17. The second-order valence-electron chi connectivity index (χ2n) is 4.22. The Morgan fingerprint density at radius 2 is 1.39 bits per heavy atom. The Morgan fingerprint density at radius 3 is 1.91 bits per heavy atom. The van der Waals surface area contributed by atoms with Crippen molar-refractivity contribution in [3.63, 3.8) is 0 Å². The lowest BCUT2D eigenvalue weighted by molar-refractivity contribution is -0.0432. The first kappa shape index (κ1) is 18.6. The summed E-state index contributed by atoms with van der Waals surface area (Å²) in [6.45, 7) is 0. The third-order valence-corrected chi connectivity index (χ3v) is 5.78. The van der Waals surface area contributed by atoms with Gasteiger partial charge in [0.15, 0.2) is 12.0 Å². The maximum Gasteiger partial charge on any atom is 0.339 e. The Balaban J connectivity index is 2.65. The molecule has 0 saturated heterocycles. The molecule has 0 heterocycles. The molecule has 0 spiro atoms. The summed E-state index contributed by atoms with van der Waals surface area (Å²) >= 11 is 23.5. The normalized spacial score (nSPS) is 11.8. The van der Waals surface area contributed by atoms with Crippen LogP contribution < -0.4 is 4.18 Å². The molecule has 0 saturated carbocycles. The molecular formula is C13H8Cl4O5S. The van der Waals surface area contributed by atoms with Crippen molar-refractivity contribution in [2.45, 2.75) is 11.2 Å². The summed E-state index contributed by atoms with van der Waals surface area (Å²) in [4.78, 5) is -0.170. The van der Waals surface area contributed by atoms with E-state index in [4.69, 9.17) is 50.6 Å². The van der Waals surface area contributed by atoms with E-state index in [1.54, 1.807) is 6.07 Å². The Bertz CT molecular complexity index is 837. The summed E-state index contributed by atoms with van der Waals surface area (Å²) in [5.74, 6) is -0.607. The highest BCUT2D eigenvalue weighted by molar-refractivity contribution is 7.87. The van der Waals surface area contributed by atoms with Crippen molar-refractivity contribution in [1.29, 1.82) is 0 Å². The van der Waals surface area contributed by atoms with Crippen LogP contribution in [0, 0.1) is 0 Å². The quantitative estimate of drug-likeness (QED) is 0.339. The molecule has 0 aliphatic rings. The maximum atomic E-state index is 12.3. The standard InChI is InChI=1S/C13H8Cl4O5S/c14-8-7(13(18)19)12(11(17)10(16)9(8)15)22-23(20,21)6-4-2-1-3-5-6/h1-5,13,18-19H. The van der Waals surface area contributed by atoms with E-state index in [0.717, 1.165) is 0 Å². The molecule has 0 bridgehead atoms. The Labute approximate surface area is 152 Å². The van der Waals surface area contributed by atoms with Crippen LogP contribution in [-0.4, -0.2) is 18.6 Å². The van der Waals surface area contributed by atoms with E-state index in [9.17, 15) is 18.6 Å². The van der Waals surface area contributed by atoms with Gasteiger partial charge in [-0.25, -0.2) is 0 Å². The molecule has 2 aromatic rings. The van der Waals surface area contributed by atoms with Gasteiger partial charge in [-0.2, -0.15) is 8.42 Å². The number of aliphatic hydroxyl groups excluding tert-OH is 1. The van der Waals surface area contributed by atoms with Gasteiger partial charge in [-0.3, -0.25) is 0 Å². The fraction of sp³-hybridized carbons (Fsp3) is 0.0769. The van der Waals surface area contributed by atoms with E-state index in [-0.39, 0.29) is 20.0 Å². The summed E-state index contributed by atoms with van der Waals surface area (Å²) in [7, 11) is -4.31. The first-order chi connectivity index (χ1) is 10.7. The minimum atomic E-state index is -4.31. The number of hydrogen-bond donors (Lipinski definition) is 2. The minimum absolute atomic E-state index is 0.170. The molecule has 0 aliphatic carbocycles. The summed E-state index contributed by atoms with van der Waals surface area (Å²) in [6, 6.07) is 7.17. The molecule has 5 nitrogen and oxygen atoms in total. The smallest absolute Gasteiger partial charge is 0.339 e. The van der Waals surface area contributed by atoms with Crippen LogP contribution in [0.4, 0.5) is 0 Å². The molecule has 0 amide bonds. The molecule has 23 heavy (non-hydrogen) atoms. The number of aliphatic hydroxyl groups is 2. The molecule has 2 aromatic carbocycles. The zero-order valence-electron chi connectivity index (χ0n) is 11.0. The molecule has 0 fully saturated rings. The SMILES string of the molecule is O=S(=O)(Oc1c(Cl)c(Cl)c(Cl)c(Cl)c1C(O)O)c1ccccc1. The second kappa shape index (κ2) is 7.03. The molecule has 0 aromatic heterocycles. The van der Waals surface area contributed by atoms with Gasteiger partial charge in [-0.1, -0.05) is 64.6 Å². The van der Waals surface area contributed by atoms with Crippen LogP contribution >= 0.6 is 46.4 Å². The summed E-state index contributed by atoms with van der Waals surface area (Å²) in [5.41, 5.74) is -0.509. The van der Waals surface area contributed by atoms with Crippen LogP contribution in [0.5, 0.6) is 5.75 Å². The fourth-order valence-electron chi connectivity index (χ4n) is 1.69. The molecule has 10 heteroatoms. The van der Waals surface area contributed by atoms with E-state index in [1.807, 2.05) is 0 Å². The number of rotatable bonds is 4. The number of halogens is 4. The van der Waals surface area contributed by atoms with Gasteiger partial charge in [0.2, 0.25) is 0 Å². The Kier molecular flexibility index (Phi) is 5.68. The Hall–Kier alpha value is -0.730. The molecule has 0 atom stereocenters. The zero-order valence-corrected chi connectivity index (χ0v) is 14.8. The van der Waals surface area contributed by atoms with Crippen molar-refractivity contribution in [2.24, 2.45) is 0 Å². The van der Waals surface area contributed by atoms with E-state index >= 15 is 0 Å². The number of benzene rings is 2. The Morgan fingerprint density at radius 1 is 0.870 bits per heavy atom. The van der Waals surface area contributed by atoms with Crippen molar-refractivity contribution in [1.82, 2.24) is 0 Å². The zero-order chi connectivity index (χ0) is 17.4. The van der Waals surface area contributed by atoms with Crippen LogP contribution in [-0.2, 0) is 10.1 Å². The van der Waals surface area contributed by atoms with Gasteiger partial charge in [-0.05, 0) is 12.1 Å². The van der Waals surface area contributed by atoms with Crippen molar-refractivity contribution in [3.05, 3.63) is 56.0 Å². The van der Waals surface area contributed by atoms with Crippen molar-refractivity contribution >= 4 is 56.5 Å². The first-order valence-electron chi connectivity index (χ1n) is 5.88. The average molecular weight is 418 g/mol. The number of hydrogen-bond acceptors (Lipinski definition) is 5. The van der Waals surface area contributed by atoms with Crippen LogP contribution in [0.25, 0.3) is 0 Å². The highest BCUT2D eigenvalue weighted by Crippen LogP contribution is 2.48. The second-order valence-corrected chi connectivity index (χ2v) is 7.28. The minimum Gasteiger partial charge on any atom is -0.377 e. The molecule has 2 rings (SSSR count). The summed E-state index contributed by atoms with van der Waals surface area (Å²) < 4.78 is 29.5. The molecule has 0 unspecified atom stereocenters. The monoisotopic (exact) mass is 416 g/mol. The van der Waals surface area contributed by atoms with Gasteiger partial charge in [-0.15, -0.1) is 0 Å². The summed E-state index contributed by atoms with van der Waals surface area (Å²) in [6.07, 6.45) is -2.18. The highest BCUT2D eigenvalue weighted by Gasteiger charge is 2.29. The van der Waals surface area contributed by atoms with Gasteiger partial charge < -0.3 is 14.4 Å². The van der Waals surface area contributed by atoms with Crippen LogP contribution in [0.3, 0.4) is 0 Å². The lowest BCUT2D eigenvalue weighted by atomic mass is 10.2. The van der Waals surface area contributed by atoms with E-state index in [2.05, 4.69) is 0 Å². The topological polar surface area (TPSA) is 83.8 Å². The van der Waals surface area contributed by atoms with E-state index in [1.165, 1.54) is 24.3 Å². The van der Waals surface area contributed by atoms with E-state index < -0.39 is 32.7 Å². The van der Waals surface area contributed by atoms with Gasteiger partial charge in [0.1, 0.15) is 9.92 Å². The van der Waals surface area contributed by atoms with Crippen LogP contribution in [0.2, 0.25) is 20.1 Å². The van der Waals surface area contributed by atoms with Gasteiger partial charge in [0, 0.05) is 0 Å². The van der Waals surface area contributed by atoms with Gasteiger partial charge in [0.25, 0.3) is 0 Å². The highest BCUT2D eigenvalue weighted by atomic mass is 35.5. The molecule has 124 valence electrons. The summed E-state index contributed by atoms with van der Waals surface area (Å²) in [5, 5.41) is 17.5. The van der Waals surface area contributed by atoms with Crippen LogP contribution in [0.1, 0.15) is 11.9 Å². The van der Waals surface area contributed by atoms with Crippen molar-refractivity contribution < 1.29 is 22.8 Å². The first-order valence-corrected chi connectivity index (χ1v) is 8.80. The van der Waals surface area contributed by atoms with Crippen molar-refractivity contribution in [2.75, 3.05) is 0 Å². The third-order valence-electron chi connectivity index (χ3n) is 2.74. The molecule has 0 radical (unpaired) electrons.